The minimum absolute atomic E-state index is 0.00530. The van der Waals surface area contributed by atoms with Gasteiger partial charge in [0.05, 0.1) is 12.0 Å². The molecule has 1 saturated carbocycles. The van der Waals surface area contributed by atoms with Gasteiger partial charge >= 0.3 is 12.0 Å². The molecule has 5 nitrogen and oxygen atoms in total. The van der Waals surface area contributed by atoms with Crippen molar-refractivity contribution in [3.05, 3.63) is 35.9 Å². The molecule has 114 valence electrons. The summed E-state index contributed by atoms with van der Waals surface area (Å²) in [5.41, 5.74) is 0.619. The Morgan fingerprint density at radius 3 is 2.48 bits per heavy atom. The van der Waals surface area contributed by atoms with Crippen LogP contribution in [0.2, 0.25) is 0 Å². The number of nitrogens with one attached hydrogen (secondary N) is 2. The molecule has 1 fully saturated rings. The summed E-state index contributed by atoms with van der Waals surface area (Å²) in [5.74, 6) is -0.651. The Kier molecular flexibility index (Phi) is 4.83. The van der Waals surface area contributed by atoms with Crippen LogP contribution in [0.15, 0.2) is 30.3 Å². The summed E-state index contributed by atoms with van der Waals surface area (Å²) in [7, 11) is 0. The van der Waals surface area contributed by atoms with E-state index in [9.17, 15) is 9.59 Å². The molecular weight excluding hydrogens is 268 g/mol. The zero-order chi connectivity index (χ0) is 15.3. The van der Waals surface area contributed by atoms with Crippen LogP contribution in [0.25, 0.3) is 0 Å². The summed E-state index contributed by atoms with van der Waals surface area (Å²) in [6, 6.07) is 9.69. The zero-order valence-electron chi connectivity index (χ0n) is 12.3. The van der Waals surface area contributed by atoms with Crippen LogP contribution >= 0.6 is 0 Å². The Hall–Kier alpha value is -2.04. The molecule has 0 aliphatic heterocycles. The molecule has 1 atom stereocenters. The number of urea groups is 1. The van der Waals surface area contributed by atoms with Crippen molar-refractivity contribution >= 4 is 12.0 Å². The van der Waals surface area contributed by atoms with E-state index in [1.54, 1.807) is 0 Å². The summed E-state index contributed by atoms with van der Waals surface area (Å²) in [5, 5.41) is 14.6. The van der Waals surface area contributed by atoms with E-state index in [-0.39, 0.29) is 18.4 Å². The first-order valence-corrected chi connectivity index (χ1v) is 7.33. The van der Waals surface area contributed by atoms with Crippen molar-refractivity contribution in [2.24, 2.45) is 0 Å². The second kappa shape index (κ2) is 6.61. The average Bonchev–Trinajstić information content (AvgIpc) is 2.43. The minimum atomic E-state index is -0.868. The second-order valence-electron chi connectivity index (χ2n) is 5.85. The van der Waals surface area contributed by atoms with Gasteiger partial charge in [0, 0.05) is 6.54 Å². The number of carboxylic acid groups (broad SMARTS) is 1. The van der Waals surface area contributed by atoms with Crippen LogP contribution in [0, 0.1) is 0 Å². The molecule has 5 heteroatoms. The van der Waals surface area contributed by atoms with Gasteiger partial charge in [0.1, 0.15) is 0 Å². The first-order valence-electron chi connectivity index (χ1n) is 7.33. The van der Waals surface area contributed by atoms with Crippen molar-refractivity contribution in [1.82, 2.24) is 10.6 Å². The van der Waals surface area contributed by atoms with Crippen LogP contribution in [0.1, 0.15) is 44.1 Å². The Balaban J connectivity index is 1.81. The first kappa shape index (κ1) is 15.4. The molecule has 1 aromatic rings. The van der Waals surface area contributed by atoms with E-state index >= 15 is 0 Å². The molecule has 1 unspecified atom stereocenters. The van der Waals surface area contributed by atoms with Gasteiger partial charge in [-0.1, -0.05) is 37.3 Å². The molecule has 3 N–H and O–H groups in total. The maximum atomic E-state index is 12.0. The molecule has 0 spiro atoms. The first-order chi connectivity index (χ1) is 10.0. The van der Waals surface area contributed by atoms with Gasteiger partial charge in [-0.3, -0.25) is 4.79 Å². The van der Waals surface area contributed by atoms with E-state index in [0.717, 1.165) is 19.3 Å². The van der Waals surface area contributed by atoms with Crippen molar-refractivity contribution < 1.29 is 14.7 Å². The van der Waals surface area contributed by atoms with Crippen molar-refractivity contribution in [1.29, 1.82) is 0 Å². The molecule has 1 aromatic carbocycles. The van der Waals surface area contributed by atoms with E-state index in [1.165, 1.54) is 5.56 Å². The van der Waals surface area contributed by atoms with Gasteiger partial charge in [0.25, 0.3) is 0 Å². The highest BCUT2D eigenvalue weighted by Gasteiger charge is 2.40. The fraction of sp³-hybridized carbons (Fsp3) is 0.500. The number of carbonyl (C=O) groups is 2. The predicted octanol–water partition coefficient (Wildman–Crippen LogP) is 2.49. The number of rotatable bonds is 6. The highest BCUT2D eigenvalue weighted by atomic mass is 16.4. The lowest BCUT2D eigenvalue weighted by molar-refractivity contribution is -0.139. The van der Waals surface area contributed by atoms with Crippen molar-refractivity contribution in [3.8, 4) is 0 Å². The van der Waals surface area contributed by atoms with Crippen LogP contribution in [-0.4, -0.2) is 29.2 Å². The number of hydrogen-bond acceptors (Lipinski definition) is 2. The molecule has 2 amide bonds. The summed E-state index contributed by atoms with van der Waals surface area (Å²) in [4.78, 5) is 22.8. The highest BCUT2D eigenvalue weighted by molar-refractivity contribution is 5.77. The van der Waals surface area contributed by atoms with Gasteiger partial charge < -0.3 is 15.7 Å². The normalized spacial score (nSPS) is 17.4. The Bertz CT molecular complexity index is 498. The third kappa shape index (κ3) is 4.21. The fourth-order valence-corrected chi connectivity index (χ4v) is 2.67. The zero-order valence-corrected chi connectivity index (χ0v) is 12.3. The minimum Gasteiger partial charge on any atom is -0.481 e. The third-order valence-corrected chi connectivity index (χ3v) is 4.12. The number of hydrogen-bond donors (Lipinski definition) is 3. The van der Waals surface area contributed by atoms with Crippen molar-refractivity contribution in [2.45, 2.75) is 44.1 Å². The third-order valence-electron chi connectivity index (χ3n) is 4.12. The van der Waals surface area contributed by atoms with E-state index < -0.39 is 11.5 Å². The maximum absolute atomic E-state index is 12.0. The molecular formula is C16H22N2O3. The summed E-state index contributed by atoms with van der Waals surface area (Å²) < 4.78 is 0. The van der Waals surface area contributed by atoms with Gasteiger partial charge in [-0.25, -0.2) is 4.79 Å². The molecule has 0 saturated heterocycles. The lowest BCUT2D eigenvalue weighted by atomic mass is 9.74. The second-order valence-corrected chi connectivity index (χ2v) is 5.85. The summed E-state index contributed by atoms with van der Waals surface area (Å²) in [6.07, 6.45) is 2.44. The lowest BCUT2D eigenvalue weighted by Gasteiger charge is -2.41. The number of carbonyl (C=O) groups excluding carboxylic acids is 1. The molecule has 0 bridgehead atoms. The van der Waals surface area contributed by atoms with Crippen molar-refractivity contribution in [2.75, 3.05) is 6.54 Å². The quantitative estimate of drug-likeness (QED) is 0.753. The summed E-state index contributed by atoms with van der Waals surface area (Å²) >= 11 is 0. The Morgan fingerprint density at radius 2 is 1.95 bits per heavy atom. The van der Waals surface area contributed by atoms with E-state index in [0.29, 0.717) is 6.54 Å². The van der Waals surface area contributed by atoms with Gasteiger partial charge in [-0.05, 0) is 30.7 Å². The van der Waals surface area contributed by atoms with Crippen LogP contribution < -0.4 is 10.6 Å². The number of amides is 2. The molecule has 0 aromatic heterocycles. The monoisotopic (exact) mass is 290 g/mol. The largest absolute Gasteiger partial charge is 0.481 e. The van der Waals surface area contributed by atoms with Gasteiger partial charge in [0.15, 0.2) is 0 Å². The molecule has 21 heavy (non-hydrogen) atoms. The molecule has 1 aliphatic carbocycles. The molecule has 2 rings (SSSR count). The van der Waals surface area contributed by atoms with E-state index in [2.05, 4.69) is 10.6 Å². The SMILES string of the molecule is CC(CNC(=O)NC1(CC(=O)O)CCC1)c1ccccc1. The summed E-state index contributed by atoms with van der Waals surface area (Å²) in [6.45, 7) is 2.57. The smallest absolute Gasteiger partial charge is 0.315 e. The molecule has 1 aliphatic rings. The lowest BCUT2D eigenvalue weighted by Crippen LogP contribution is -2.57. The van der Waals surface area contributed by atoms with E-state index in [4.69, 9.17) is 5.11 Å². The maximum Gasteiger partial charge on any atom is 0.315 e. The topological polar surface area (TPSA) is 78.4 Å². The number of carboxylic acids is 1. The predicted molar refractivity (Wildman–Crippen MR) is 80.2 cm³/mol. The highest BCUT2D eigenvalue weighted by Crippen LogP contribution is 2.34. The Morgan fingerprint density at radius 1 is 1.29 bits per heavy atom. The van der Waals surface area contributed by atoms with E-state index in [1.807, 2.05) is 37.3 Å². The van der Waals surface area contributed by atoms with Crippen LogP contribution in [0.5, 0.6) is 0 Å². The van der Waals surface area contributed by atoms with Crippen LogP contribution in [0.3, 0.4) is 0 Å². The molecule has 0 heterocycles. The number of aliphatic carboxylic acids is 1. The van der Waals surface area contributed by atoms with Gasteiger partial charge in [-0.2, -0.15) is 0 Å². The van der Waals surface area contributed by atoms with Crippen LogP contribution in [0.4, 0.5) is 4.79 Å². The van der Waals surface area contributed by atoms with Crippen molar-refractivity contribution in [3.63, 3.8) is 0 Å². The fourth-order valence-electron chi connectivity index (χ4n) is 2.67. The Labute approximate surface area is 124 Å². The van der Waals surface area contributed by atoms with Crippen LogP contribution in [-0.2, 0) is 4.79 Å². The standard InChI is InChI=1S/C16H22N2O3/c1-12(13-6-3-2-4-7-13)11-17-15(21)18-16(8-5-9-16)10-14(19)20/h2-4,6-7,12H,5,8-11H2,1H3,(H,19,20)(H2,17,18,21). The van der Waals surface area contributed by atoms with Gasteiger partial charge in [0.2, 0.25) is 0 Å². The number of benzene rings is 1. The molecule has 0 radical (unpaired) electrons. The van der Waals surface area contributed by atoms with Gasteiger partial charge in [-0.15, -0.1) is 0 Å². The average molecular weight is 290 g/mol.